The van der Waals surface area contributed by atoms with Crippen LogP contribution in [-0.4, -0.2) is 60.5 Å². The number of methoxy groups -OCH3 is 1. The minimum Gasteiger partial charge on any atom is -0.481 e. The zero-order valence-corrected chi connectivity index (χ0v) is 9.76. The number of ether oxygens (including phenoxy) is 1. The van der Waals surface area contributed by atoms with Gasteiger partial charge in [-0.25, -0.2) is 0 Å². The molecule has 2 atom stereocenters. The van der Waals surface area contributed by atoms with E-state index in [0.29, 0.717) is 13.2 Å². The second kappa shape index (κ2) is 6.83. The fourth-order valence-electron chi connectivity index (χ4n) is 2.27. The molecule has 5 heteroatoms. The molecule has 0 aromatic rings. The largest absolute Gasteiger partial charge is 0.481 e. The first-order valence-corrected chi connectivity index (χ1v) is 5.73. The Morgan fingerprint density at radius 2 is 2.38 bits per heavy atom. The molecule has 1 heterocycles. The number of carboxylic acids is 1. The van der Waals surface area contributed by atoms with Crippen LogP contribution < -0.4 is 0 Å². The Labute approximate surface area is 96.0 Å². The van der Waals surface area contributed by atoms with Crippen molar-refractivity contribution in [3.63, 3.8) is 0 Å². The molecular weight excluding hydrogens is 210 g/mol. The molecule has 0 aromatic heterocycles. The van der Waals surface area contributed by atoms with Gasteiger partial charge in [-0.15, -0.1) is 0 Å². The second-order valence-corrected chi connectivity index (χ2v) is 4.47. The van der Waals surface area contributed by atoms with Crippen molar-refractivity contribution in [2.24, 2.45) is 5.92 Å². The number of rotatable bonds is 6. The first kappa shape index (κ1) is 13.4. The maximum absolute atomic E-state index is 10.6. The smallest absolute Gasteiger partial charge is 0.303 e. The Kier molecular flexibility index (Phi) is 5.73. The molecule has 0 saturated carbocycles. The molecule has 1 fully saturated rings. The van der Waals surface area contributed by atoms with E-state index in [1.54, 1.807) is 7.11 Å². The van der Waals surface area contributed by atoms with Gasteiger partial charge in [-0.05, 0) is 25.3 Å². The summed E-state index contributed by atoms with van der Waals surface area (Å²) in [5.74, 6) is -0.509. The number of aliphatic hydroxyl groups excluding tert-OH is 1. The highest BCUT2D eigenvalue weighted by Gasteiger charge is 2.23. The molecule has 94 valence electrons. The first-order valence-electron chi connectivity index (χ1n) is 5.73. The van der Waals surface area contributed by atoms with Crippen LogP contribution in [0.3, 0.4) is 0 Å². The molecule has 0 radical (unpaired) electrons. The van der Waals surface area contributed by atoms with Gasteiger partial charge in [0.25, 0.3) is 0 Å². The molecule has 1 aliphatic rings. The highest BCUT2D eigenvalue weighted by molar-refractivity contribution is 5.67. The number of carbonyl (C=O) groups is 1. The van der Waals surface area contributed by atoms with Crippen LogP contribution in [0, 0.1) is 5.92 Å². The van der Waals surface area contributed by atoms with E-state index in [-0.39, 0.29) is 12.3 Å². The minimum atomic E-state index is -0.732. The SMILES string of the molecule is COCC(O)CN1CCCC(CC(=O)O)C1. The van der Waals surface area contributed by atoms with Crippen molar-refractivity contribution in [1.29, 1.82) is 0 Å². The van der Waals surface area contributed by atoms with Gasteiger partial charge in [0.2, 0.25) is 0 Å². The lowest BCUT2D eigenvalue weighted by molar-refractivity contribution is -0.138. The Morgan fingerprint density at radius 1 is 1.62 bits per heavy atom. The molecule has 0 spiro atoms. The summed E-state index contributed by atoms with van der Waals surface area (Å²) in [6, 6.07) is 0. The molecule has 0 amide bonds. The van der Waals surface area contributed by atoms with Crippen LogP contribution in [-0.2, 0) is 9.53 Å². The third-order valence-corrected chi connectivity index (χ3v) is 2.89. The number of aliphatic hydroxyl groups is 1. The first-order chi connectivity index (χ1) is 7.61. The van der Waals surface area contributed by atoms with Crippen LogP contribution in [0.15, 0.2) is 0 Å². The van der Waals surface area contributed by atoms with Gasteiger partial charge in [-0.3, -0.25) is 4.79 Å². The normalized spacial score (nSPS) is 24.2. The summed E-state index contributed by atoms with van der Waals surface area (Å²) in [4.78, 5) is 12.7. The maximum Gasteiger partial charge on any atom is 0.303 e. The van der Waals surface area contributed by atoms with Gasteiger partial charge in [-0.1, -0.05) is 0 Å². The van der Waals surface area contributed by atoms with Gasteiger partial charge in [0, 0.05) is 26.6 Å². The Bertz CT molecular complexity index is 222. The molecule has 1 saturated heterocycles. The molecule has 1 rings (SSSR count). The Hall–Kier alpha value is -0.650. The zero-order chi connectivity index (χ0) is 12.0. The lowest BCUT2D eigenvalue weighted by Gasteiger charge is -2.33. The standard InChI is InChI=1S/C11H21NO4/c1-16-8-10(13)7-12-4-2-3-9(6-12)5-11(14)15/h9-10,13H,2-8H2,1H3,(H,14,15). The highest BCUT2D eigenvalue weighted by Crippen LogP contribution is 2.19. The van der Waals surface area contributed by atoms with E-state index in [1.165, 1.54) is 0 Å². The van der Waals surface area contributed by atoms with Gasteiger partial charge in [0.05, 0.1) is 12.7 Å². The Balaban J connectivity index is 2.29. The predicted octanol–water partition coefficient (Wildman–Crippen LogP) is 0.180. The van der Waals surface area contributed by atoms with Crippen LogP contribution >= 0.6 is 0 Å². The average molecular weight is 231 g/mol. The van der Waals surface area contributed by atoms with E-state index in [9.17, 15) is 9.90 Å². The molecular formula is C11H21NO4. The summed E-state index contributed by atoms with van der Waals surface area (Å²) in [7, 11) is 1.56. The van der Waals surface area contributed by atoms with Crippen LogP contribution in [0.25, 0.3) is 0 Å². The number of β-amino-alcohol motifs (C(OH)–C–C–N with tert-alkyl or cyclic N) is 1. The fraction of sp³-hybridized carbons (Fsp3) is 0.909. The van der Waals surface area contributed by atoms with E-state index in [1.807, 2.05) is 0 Å². The van der Waals surface area contributed by atoms with Gasteiger partial charge in [-0.2, -0.15) is 0 Å². The third-order valence-electron chi connectivity index (χ3n) is 2.89. The van der Waals surface area contributed by atoms with E-state index in [0.717, 1.165) is 25.9 Å². The summed E-state index contributed by atoms with van der Waals surface area (Å²) in [6.45, 7) is 2.62. The number of hydrogen-bond donors (Lipinski definition) is 2. The zero-order valence-electron chi connectivity index (χ0n) is 9.76. The average Bonchev–Trinajstić information content (AvgIpc) is 2.17. The van der Waals surface area contributed by atoms with Crippen molar-refractivity contribution in [2.75, 3.05) is 33.4 Å². The van der Waals surface area contributed by atoms with Crippen molar-refractivity contribution in [1.82, 2.24) is 4.90 Å². The van der Waals surface area contributed by atoms with Crippen molar-refractivity contribution in [3.8, 4) is 0 Å². The van der Waals surface area contributed by atoms with Gasteiger partial charge < -0.3 is 19.8 Å². The van der Waals surface area contributed by atoms with Crippen molar-refractivity contribution >= 4 is 5.97 Å². The minimum absolute atomic E-state index is 0.223. The lowest BCUT2D eigenvalue weighted by Crippen LogP contribution is -2.41. The summed E-state index contributed by atoms with van der Waals surface area (Å²) < 4.78 is 4.87. The third kappa shape index (κ3) is 4.92. The highest BCUT2D eigenvalue weighted by atomic mass is 16.5. The van der Waals surface area contributed by atoms with Crippen LogP contribution in [0.1, 0.15) is 19.3 Å². The summed E-state index contributed by atoms with van der Waals surface area (Å²) in [6.07, 6.45) is 1.74. The predicted molar refractivity (Wildman–Crippen MR) is 59.3 cm³/mol. The molecule has 16 heavy (non-hydrogen) atoms. The quantitative estimate of drug-likeness (QED) is 0.682. The van der Waals surface area contributed by atoms with E-state index >= 15 is 0 Å². The number of carboxylic acid groups (broad SMARTS) is 1. The van der Waals surface area contributed by atoms with E-state index in [2.05, 4.69) is 4.90 Å². The Morgan fingerprint density at radius 3 is 3.00 bits per heavy atom. The lowest BCUT2D eigenvalue weighted by atomic mass is 9.95. The molecule has 0 aromatic carbocycles. The van der Waals surface area contributed by atoms with Gasteiger partial charge in [0.15, 0.2) is 0 Å². The number of piperidine rings is 1. The van der Waals surface area contributed by atoms with Crippen LogP contribution in [0.5, 0.6) is 0 Å². The second-order valence-electron chi connectivity index (χ2n) is 4.47. The number of aliphatic carboxylic acids is 1. The molecule has 0 bridgehead atoms. The van der Waals surface area contributed by atoms with Crippen molar-refractivity contribution < 1.29 is 19.7 Å². The maximum atomic E-state index is 10.6. The van der Waals surface area contributed by atoms with Gasteiger partial charge in [0.1, 0.15) is 0 Å². The van der Waals surface area contributed by atoms with Gasteiger partial charge >= 0.3 is 5.97 Å². The summed E-state index contributed by atoms with van der Waals surface area (Å²) in [5.41, 5.74) is 0. The van der Waals surface area contributed by atoms with E-state index < -0.39 is 12.1 Å². The summed E-state index contributed by atoms with van der Waals surface area (Å²) >= 11 is 0. The number of hydrogen-bond acceptors (Lipinski definition) is 4. The van der Waals surface area contributed by atoms with Crippen LogP contribution in [0.4, 0.5) is 0 Å². The monoisotopic (exact) mass is 231 g/mol. The molecule has 2 unspecified atom stereocenters. The van der Waals surface area contributed by atoms with Crippen molar-refractivity contribution in [2.45, 2.75) is 25.4 Å². The molecule has 1 aliphatic heterocycles. The molecule has 2 N–H and O–H groups in total. The molecule has 5 nitrogen and oxygen atoms in total. The topological polar surface area (TPSA) is 70.0 Å². The number of nitrogens with zero attached hydrogens (tertiary/aromatic N) is 1. The van der Waals surface area contributed by atoms with E-state index in [4.69, 9.17) is 9.84 Å². The number of likely N-dealkylation sites (tertiary alicyclic amines) is 1. The van der Waals surface area contributed by atoms with Crippen molar-refractivity contribution in [3.05, 3.63) is 0 Å². The summed E-state index contributed by atoms with van der Waals surface area (Å²) in [5, 5.41) is 18.3. The fourth-order valence-corrected chi connectivity index (χ4v) is 2.27. The van der Waals surface area contributed by atoms with Crippen LogP contribution in [0.2, 0.25) is 0 Å². The molecule has 0 aliphatic carbocycles.